The monoisotopic (exact) mass is 326 g/mol. The predicted molar refractivity (Wildman–Crippen MR) is 83.7 cm³/mol. The fraction of sp³-hybridized carbons (Fsp3) is 0.562. The van der Waals surface area contributed by atoms with E-state index in [0.717, 1.165) is 5.56 Å². The van der Waals surface area contributed by atoms with E-state index in [4.69, 9.17) is 0 Å². The summed E-state index contributed by atoms with van der Waals surface area (Å²) >= 11 is 0. The van der Waals surface area contributed by atoms with Crippen molar-refractivity contribution < 1.29 is 18.3 Å². The smallest absolute Gasteiger partial charge is 0.241 e. The average molecular weight is 326 g/mol. The standard InChI is InChI=1S/C16H25NO4S/c1-11(2)10-14(15(18)19)17-22(20,21)13-8-6-12(7-9-13)16(3,4)5/h6-9,11,14,17H,10H2,1-5H3,(H,18,19)/p-1. The van der Waals surface area contributed by atoms with Crippen LogP contribution < -0.4 is 9.83 Å². The molecule has 1 aromatic rings. The van der Waals surface area contributed by atoms with E-state index in [1.807, 2.05) is 34.6 Å². The summed E-state index contributed by atoms with van der Waals surface area (Å²) in [5, 5.41) is 11.1. The van der Waals surface area contributed by atoms with Crippen molar-refractivity contribution in [3.63, 3.8) is 0 Å². The summed E-state index contributed by atoms with van der Waals surface area (Å²) in [6.45, 7) is 9.74. The molecule has 6 heteroatoms. The molecule has 0 aliphatic carbocycles. The van der Waals surface area contributed by atoms with Gasteiger partial charge in [-0.25, -0.2) is 13.1 Å². The average Bonchev–Trinajstić information content (AvgIpc) is 2.36. The van der Waals surface area contributed by atoms with Gasteiger partial charge >= 0.3 is 0 Å². The van der Waals surface area contributed by atoms with E-state index in [1.54, 1.807) is 12.1 Å². The molecule has 22 heavy (non-hydrogen) atoms. The van der Waals surface area contributed by atoms with Crippen molar-refractivity contribution in [2.75, 3.05) is 0 Å². The third kappa shape index (κ3) is 5.10. The highest BCUT2D eigenvalue weighted by atomic mass is 32.2. The summed E-state index contributed by atoms with van der Waals surface area (Å²) in [6.07, 6.45) is 0.182. The highest BCUT2D eigenvalue weighted by Gasteiger charge is 2.22. The zero-order valence-electron chi connectivity index (χ0n) is 13.7. The lowest BCUT2D eigenvalue weighted by Gasteiger charge is -2.22. The molecule has 0 heterocycles. The molecule has 1 rings (SSSR count). The Bertz CT molecular complexity index is 613. The number of nitrogens with one attached hydrogen (secondary N) is 1. The van der Waals surface area contributed by atoms with Crippen LogP contribution >= 0.6 is 0 Å². The van der Waals surface area contributed by atoms with Crippen LogP contribution in [0.5, 0.6) is 0 Å². The van der Waals surface area contributed by atoms with Gasteiger partial charge in [-0.1, -0.05) is 46.8 Å². The third-order valence-corrected chi connectivity index (χ3v) is 4.81. The van der Waals surface area contributed by atoms with Crippen molar-refractivity contribution in [2.24, 2.45) is 5.92 Å². The predicted octanol–water partition coefficient (Wildman–Crippen LogP) is 1.43. The Morgan fingerprint density at radius 2 is 1.68 bits per heavy atom. The van der Waals surface area contributed by atoms with Crippen LogP contribution in [0.2, 0.25) is 0 Å². The molecule has 0 aliphatic rings. The van der Waals surface area contributed by atoms with Gasteiger partial charge in [-0.2, -0.15) is 0 Å². The van der Waals surface area contributed by atoms with E-state index < -0.39 is 22.0 Å². The lowest BCUT2D eigenvalue weighted by atomic mass is 9.87. The van der Waals surface area contributed by atoms with Gasteiger partial charge < -0.3 is 9.90 Å². The second-order valence-corrected chi connectivity index (χ2v) is 8.61. The van der Waals surface area contributed by atoms with E-state index in [2.05, 4.69) is 4.72 Å². The van der Waals surface area contributed by atoms with Crippen molar-refractivity contribution >= 4 is 16.0 Å². The maximum absolute atomic E-state index is 12.3. The lowest BCUT2D eigenvalue weighted by molar-refractivity contribution is -0.308. The van der Waals surface area contributed by atoms with Crippen molar-refractivity contribution in [1.82, 2.24) is 4.72 Å². The Morgan fingerprint density at radius 1 is 1.18 bits per heavy atom. The Hall–Kier alpha value is -1.40. The molecule has 0 radical (unpaired) electrons. The molecular weight excluding hydrogens is 302 g/mol. The maximum atomic E-state index is 12.3. The lowest BCUT2D eigenvalue weighted by Crippen LogP contribution is -2.48. The van der Waals surface area contributed by atoms with Gasteiger partial charge in [0.15, 0.2) is 0 Å². The Kier molecular flexibility index (Phi) is 5.76. The van der Waals surface area contributed by atoms with Gasteiger partial charge in [0.05, 0.1) is 16.9 Å². The molecule has 1 aromatic carbocycles. The fourth-order valence-electron chi connectivity index (χ4n) is 2.05. The quantitative estimate of drug-likeness (QED) is 0.857. The minimum absolute atomic E-state index is 0.0360. The topological polar surface area (TPSA) is 86.3 Å². The molecule has 0 fully saturated rings. The van der Waals surface area contributed by atoms with Crippen LogP contribution in [0.25, 0.3) is 0 Å². The van der Waals surface area contributed by atoms with Gasteiger partial charge in [-0.15, -0.1) is 0 Å². The number of rotatable bonds is 6. The molecule has 0 aromatic heterocycles. The van der Waals surface area contributed by atoms with Crippen molar-refractivity contribution in [2.45, 2.75) is 57.4 Å². The van der Waals surface area contributed by atoms with Crippen molar-refractivity contribution in [3.05, 3.63) is 29.8 Å². The second kappa shape index (κ2) is 6.79. The molecule has 0 bridgehead atoms. The molecule has 0 saturated heterocycles. The zero-order chi connectivity index (χ0) is 17.1. The van der Waals surface area contributed by atoms with Crippen LogP contribution in [0, 0.1) is 5.92 Å². The molecule has 0 spiro atoms. The number of sulfonamides is 1. The van der Waals surface area contributed by atoms with Crippen LogP contribution in [0.1, 0.15) is 46.6 Å². The first-order valence-electron chi connectivity index (χ1n) is 7.27. The second-order valence-electron chi connectivity index (χ2n) is 6.90. The highest BCUT2D eigenvalue weighted by Crippen LogP contribution is 2.23. The summed E-state index contributed by atoms with van der Waals surface area (Å²) in [6, 6.07) is 5.23. The molecular formula is C16H24NO4S-. The van der Waals surface area contributed by atoms with Crippen LogP contribution in [0.15, 0.2) is 29.2 Å². The first kappa shape index (κ1) is 18.6. The number of hydrogen-bond donors (Lipinski definition) is 1. The molecule has 0 aliphatic heterocycles. The number of carboxylic acid groups (broad SMARTS) is 1. The van der Waals surface area contributed by atoms with Gasteiger partial charge in [-0.3, -0.25) is 0 Å². The summed E-state index contributed by atoms with van der Waals surface area (Å²) in [5.74, 6) is -1.38. The molecule has 1 atom stereocenters. The van der Waals surface area contributed by atoms with Crippen LogP contribution in [-0.2, 0) is 20.2 Å². The number of aliphatic carboxylic acids is 1. The molecule has 5 nitrogen and oxygen atoms in total. The van der Waals surface area contributed by atoms with E-state index in [-0.39, 0.29) is 22.6 Å². The van der Waals surface area contributed by atoms with Crippen molar-refractivity contribution in [3.8, 4) is 0 Å². The maximum Gasteiger partial charge on any atom is 0.241 e. The van der Waals surface area contributed by atoms with Gasteiger partial charge in [0.2, 0.25) is 10.0 Å². The number of carbonyl (C=O) groups excluding carboxylic acids is 1. The molecule has 1 unspecified atom stereocenters. The number of benzene rings is 1. The minimum atomic E-state index is -3.88. The van der Waals surface area contributed by atoms with Gasteiger partial charge in [0.1, 0.15) is 0 Å². The van der Waals surface area contributed by atoms with Crippen LogP contribution in [-0.4, -0.2) is 20.4 Å². The number of carbonyl (C=O) groups is 1. The zero-order valence-corrected chi connectivity index (χ0v) is 14.5. The van der Waals surface area contributed by atoms with Crippen molar-refractivity contribution in [1.29, 1.82) is 0 Å². The normalized spacial score (nSPS) is 14.1. The Balaban J connectivity index is 3.01. The van der Waals surface area contributed by atoms with E-state index in [9.17, 15) is 18.3 Å². The summed E-state index contributed by atoms with van der Waals surface area (Å²) in [5.41, 5.74) is 0.922. The Morgan fingerprint density at radius 3 is 2.05 bits per heavy atom. The first-order valence-corrected chi connectivity index (χ1v) is 8.75. The Labute approximate surface area is 132 Å². The van der Waals surface area contributed by atoms with Gasteiger partial charge in [0.25, 0.3) is 0 Å². The number of hydrogen-bond acceptors (Lipinski definition) is 4. The highest BCUT2D eigenvalue weighted by molar-refractivity contribution is 7.89. The first-order chi connectivity index (χ1) is 9.93. The largest absolute Gasteiger partial charge is 0.548 e. The van der Waals surface area contributed by atoms with Crippen LogP contribution in [0.3, 0.4) is 0 Å². The minimum Gasteiger partial charge on any atom is -0.548 e. The summed E-state index contributed by atoms with van der Waals surface area (Å²) in [7, 11) is -3.88. The van der Waals surface area contributed by atoms with Gasteiger partial charge in [-0.05, 0) is 35.4 Å². The fourth-order valence-corrected chi connectivity index (χ4v) is 3.25. The molecule has 0 saturated carbocycles. The molecule has 1 N–H and O–H groups in total. The van der Waals surface area contributed by atoms with E-state index in [0.29, 0.717) is 0 Å². The van der Waals surface area contributed by atoms with E-state index in [1.165, 1.54) is 12.1 Å². The summed E-state index contributed by atoms with van der Waals surface area (Å²) < 4.78 is 26.8. The van der Waals surface area contributed by atoms with Crippen LogP contribution in [0.4, 0.5) is 0 Å². The molecule has 0 amide bonds. The van der Waals surface area contributed by atoms with E-state index >= 15 is 0 Å². The summed E-state index contributed by atoms with van der Waals surface area (Å²) in [4.78, 5) is 11.1. The SMILES string of the molecule is CC(C)CC(NS(=O)(=O)c1ccc(C(C)(C)C)cc1)C(=O)[O-]. The third-order valence-electron chi connectivity index (χ3n) is 3.32. The van der Waals surface area contributed by atoms with Gasteiger partial charge in [0, 0.05) is 0 Å². The number of carboxylic acids is 1. The molecule has 124 valence electrons.